The second-order valence-electron chi connectivity index (χ2n) is 3.01. The van der Waals surface area contributed by atoms with E-state index in [1.54, 1.807) is 0 Å². The maximum Gasteiger partial charge on any atom is 0.303 e. The topological polar surface area (TPSA) is 53.1 Å². The van der Waals surface area contributed by atoms with E-state index in [0.717, 1.165) is 17.0 Å². The van der Waals surface area contributed by atoms with Crippen LogP contribution in [0.2, 0.25) is 0 Å². The molecule has 2 N–H and O–H groups in total. The maximum atomic E-state index is 10.3. The molecule has 66 valence electrons. The molecule has 12 heavy (non-hydrogen) atoms. The lowest BCUT2D eigenvalue weighted by atomic mass is 10.2. The van der Waals surface area contributed by atoms with Gasteiger partial charge in [0.15, 0.2) is 0 Å². The van der Waals surface area contributed by atoms with Crippen LogP contribution in [0, 0.1) is 13.8 Å². The van der Waals surface area contributed by atoms with Gasteiger partial charge < -0.3 is 10.1 Å². The molecule has 0 aromatic carbocycles. The van der Waals surface area contributed by atoms with Crippen LogP contribution in [0.4, 0.5) is 0 Å². The van der Waals surface area contributed by atoms with E-state index in [1.165, 1.54) is 0 Å². The lowest BCUT2D eigenvalue weighted by Crippen LogP contribution is -1.98. The van der Waals surface area contributed by atoms with E-state index in [-0.39, 0.29) is 6.42 Å². The summed E-state index contributed by atoms with van der Waals surface area (Å²) in [5.41, 5.74) is 3.27. The number of hydrogen-bond acceptors (Lipinski definition) is 1. The SMILES string of the molecule is Cc1cc(C)c(CCC(=O)O)[nH]1. The maximum absolute atomic E-state index is 10.3. The normalized spacial score (nSPS) is 10.2. The zero-order valence-corrected chi connectivity index (χ0v) is 7.35. The van der Waals surface area contributed by atoms with E-state index < -0.39 is 5.97 Å². The zero-order chi connectivity index (χ0) is 9.14. The standard InChI is InChI=1S/C9H13NO2/c1-6-5-7(2)10-8(6)3-4-9(11)12/h5,10H,3-4H2,1-2H3,(H,11,12). The fourth-order valence-electron chi connectivity index (χ4n) is 1.28. The number of carboxylic acids is 1. The number of aliphatic carboxylic acids is 1. The summed E-state index contributed by atoms with van der Waals surface area (Å²) in [5.74, 6) is -0.748. The Balaban J connectivity index is 2.62. The van der Waals surface area contributed by atoms with Crippen molar-refractivity contribution in [3.63, 3.8) is 0 Å². The zero-order valence-electron chi connectivity index (χ0n) is 7.35. The van der Waals surface area contributed by atoms with Crippen LogP contribution in [0.15, 0.2) is 6.07 Å². The molecule has 0 saturated carbocycles. The van der Waals surface area contributed by atoms with E-state index in [2.05, 4.69) is 4.98 Å². The van der Waals surface area contributed by atoms with Gasteiger partial charge in [-0.1, -0.05) is 0 Å². The highest BCUT2D eigenvalue weighted by Gasteiger charge is 2.03. The van der Waals surface area contributed by atoms with Gasteiger partial charge in [-0.05, 0) is 31.9 Å². The predicted octanol–water partition coefficient (Wildman–Crippen LogP) is 1.65. The largest absolute Gasteiger partial charge is 0.481 e. The minimum Gasteiger partial charge on any atom is -0.481 e. The molecule has 0 unspecified atom stereocenters. The lowest BCUT2D eigenvalue weighted by Gasteiger charge is -1.95. The number of nitrogens with one attached hydrogen (secondary N) is 1. The summed E-state index contributed by atoms with van der Waals surface area (Å²) in [6, 6.07) is 2.02. The van der Waals surface area contributed by atoms with Gasteiger partial charge in [-0.15, -0.1) is 0 Å². The van der Waals surface area contributed by atoms with Crippen LogP contribution < -0.4 is 0 Å². The Morgan fingerprint density at radius 1 is 1.58 bits per heavy atom. The molecule has 1 heterocycles. The highest BCUT2D eigenvalue weighted by atomic mass is 16.4. The number of carbonyl (C=O) groups is 1. The van der Waals surface area contributed by atoms with Crippen molar-refractivity contribution in [3.05, 3.63) is 23.0 Å². The molecular weight excluding hydrogens is 154 g/mol. The summed E-state index contributed by atoms with van der Waals surface area (Å²) in [6.45, 7) is 3.96. The monoisotopic (exact) mass is 167 g/mol. The number of aromatic amines is 1. The first-order valence-corrected chi connectivity index (χ1v) is 3.96. The van der Waals surface area contributed by atoms with E-state index in [9.17, 15) is 4.79 Å². The molecule has 1 aromatic rings. The van der Waals surface area contributed by atoms with E-state index in [0.29, 0.717) is 6.42 Å². The van der Waals surface area contributed by atoms with Gasteiger partial charge in [0.2, 0.25) is 0 Å². The molecule has 0 bridgehead atoms. The van der Waals surface area contributed by atoms with Crippen LogP contribution in [-0.4, -0.2) is 16.1 Å². The third-order valence-electron chi connectivity index (χ3n) is 1.85. The van der Waals surface area contributed by atoms with Gasteiger partial charge in [-0.3, -0.25) is 4.79 Å². The van der Waals surface area contributed by atoms with Gasteiger partial charge in [0, 0.05) is 11.4 Å². The van der Waals surface area contributed by atoms with Gasteiger partial charge in [-0.25, -0.2) is 0 Å². The molecule has 0 saturated heterocycles. The summed E-state index contributed by atoms with van der Waals surface area (Å²) in [6.07, 6.45) is 0.788. The van der Waals surface area contributed by atoms with Crippen molar-refractivity contribution in [1.82, 2.24) is 4.98 Å². The summed E-state index contributed by atoms with van der Waals surface area (Å²) in [5, 5.41) is 8.46. The van der Waals surface area contributed by atoms with Crippen molar-refractivity contribution in [2.75, 3.05) is 0 Å². The Morgan fingerprint density at radius 2 is 2.25 bits per heavy atom. The molecule has 0 aliphatic heterocycles. The Hall–Kier alpha value is -1.25. The van der Waals surface area contributed by atoms with Gasteiger partial charge in [-0.2, -0.15) is 0 Å². The fraction of sp³-hybridized carbons (Fsp3) is 0.444. The molecule has 0 radical (unpaired) electrons. The minimum atomic E-state index is -0.748. The Kier molecular flexibility index (Phi) is 2.53. The minimum absolute atomic E-state index is 0.195. The van der Waals surface area contributed by atoms with E-state index in [4.69, 9.17) is 5.11 Å². The third kappa shape index (κ3) is 2.12. The molecule has 3 heteroatoms. The van der Waals surface area contributed by atoms with Gasteiger partial charge >= 0.3 is 5.97 Å². The second-order valence-corrected chi connectivity index (χ2v) is 3.01. The first-order chi connectivity index (χ1) is 5.59. The molecule has 1 aromatic heterocycles. The Labute approximate surface area is 71.4 Å². The second kappa shape index (κ2) is 3.43. The number of aryl methyl sites for hydroxylation is 3. The summed E-state index contributed by atoms with van der Waals surface area (Å²) in [7, 11) is 0. The summed E-state index contributed by atoms with van der Waals surface area (Å²) < 4.78 is 0. The van der Waals surface area contributed by atoms with Crippen LogP contribution in [0.5, 0.6) is 0 Å². The number of hydrogen-bond donors (Lipinski definition) is 2. The highest BCUT2D eigenvalue weighted by molar-refractivity contribution is 5.67. The molecule has 1 rings (SSSR count). The quantitative estimate of drug-likeness (QED) is 0.719. The fourth-order valence-corrected chi connectivity index (χ4v) is 1.28. The molecule has 0 spiro atoms. The van der Waals surface area contributed by atoms with Crippen LogP contribution in [0.1, 0.15) is 23.4 Å². The van der Waals surface area contributed by atoms with Crippen molar-refractivity contribution in [1.29, 1.82) is 0 Å². The highest BCUT2D eigenvalue weighted by Crippen LogP contribution is 2.10. The van der Waals surface area contributed by atoms with Crippen molar-refractivity contribution in [3.8, 4) is 0 Å². The number of aromatic nitrogens is 1. The van der Waals surface area contributed by atoms with Crippen LogP contribution in [-0.2, 0) is 11.2 Å². The van der Waals surface area contributed by atoms with Crippen LogP contribution in [0.3, 0.4) is 0 Å². The molecule has 0 aliphatic carbocycles. The number of rotatable bonds is 3. The predicted molar refractivity (Wildman–Crippen MR) is 46.2 cm³/mol. The molecule has 3 nitrogen and oxygen atoms in total. The summed E-state index contributed by atoms with van der Waals surface area (Å²) >= 11 is 0. The molecule has 0 amide bonds. The smallest absolute Gasteiger partial charge is 0.303 e. The summed E-state index contributed by atoms with van der Waals surface area (Å²) in [4.78, 5) is 13.4. The van der Waals surface area contributed by atoms with Gasteiger partial charge in [0.05, 0.1) is 6.42 Å². The van der Waals surface area contributed by atoms with Crippen molar-refractivity contribution < 1.29 is 9.90 Å². The van der Waals surface area contributed by atoms with Crippen LogP contribution >= 0.6 is 0 Å². The van der Waals surface area contributed by atoms with Crippen molar-refractivity contribution in [2.24, 2.45) is 0 Å². The Morgan fingerprint density at radius 3 is 2.67 bits per heavy atom. The molecular formula is C9H13NO2. The molecule has 0 aliphatic rings. The van der Waals surface area contributed by atoms with Gasteiger partial charge in [0.1, 0.15) is 0 Å². The average molecular weight is 167 g/mol. The average Bonchev–Trinajstić information content (AvgIpc) is 2.26. The van der Waals surface area contributed by atoms with Crippen molar-refractivity contribution in [2.45, 2.75) is 26.7 Å². The van der Waals surface area contributed by atoms with Crippen LogP contribution in [0.25, 0.3) is 0 Å². The van der Waals surface area contributed by atoms with Gasteiger partial charge in [0.25, 0.3) is 0 Å². The number of carboxylic acid groups (broad SMARTS) is 1. The van der Waals surface area contributed by atoms with E-state index >= 15 is 0 Å². The number of H-pyrrole nitrogens is 1. The first kappa shape index (κ1) is 8.84. The molecule has 0 fully saturated rings. The van der Waals surface area contributed by atoms with E-state index in [1.807, 2.05) is 19.9 Å². The first-order valence-electron chi connectivity index (χ1n) is 3.96. The third-order valence-corrected chi connectivity index (χ3v) is 1.85. The Bertz CT molecular complexity index is 289. The molecule has 0 atom stereocenters. The lowest BCUT2D eigenvalue weighted by molar-refractivity contribution is -0.136. The van der Waals surface area contributed by atoms with Crippen molar-refractivity contribution >= 4 is 5.97 Å².